The van der Waals surface area contributed by atoms with Gasteiger partial charge in [-0.1, -0.05) is 43.9 Å². The molecule has 0 heterocycles. The molecular formula is C10H19Cl. The largest absolute Gasteiger partial charge is 0.0895 e. The molecule has 0 aliphatic carbocycles. The van der Waals surface area contributed by atoms with Crippen LogP contribution in [-0.2, 0) is 0 Å². The molecule has 0 saturated carbocycles. The molecule has 0 bridgehead atoms. The molecule has 0 aromatic carbocycles. The topological polar surface area (TPSA) is 0 Å². The molecule has 0 radical (unpaired) electrons. The summed E-state index contributed by atoms with van der Waals surface area (Å²) in [7, 11) is 0. The first-order valence-electron chi connectivity index (χ1n) is 4.42. The van der Waals surface area contributed by atoms with Crippen LogP contribution in [0.25, 0.3) is 0 Å². The minimum atomic E-state index is 0.660. The van der Waals surface area contributed by atoms with Crippen molar-refractivity contribution in [2.75, 3.05) is 0 Å². The van der Waals surface area contributed by atoms with E-state index in [1.54, 1.807) is 0 Å². The quantitative estimate of drug-likeness (QED) is 0.595. The summed E-state index contributed by atoms with van der Waals surface area (Å²) in [5, 5.41) is 0.966. The van der Waals surface area contributed by atoms with Gasteiger partial charge in [0.25, 0.3) is 0 Å². The van der Waals surface area contributed by atoms with E-state index in [1.165, 1.54) is 24.8 Å². The first-order valence-corrected chi connectivity index (χ1v) is 4.80. The highest BCUT2D eigenvalue weighted by atomic mass is 35.5. The Labute approximate surface area is 75.6 Å². The van der Waals surface area contributed by atoms with Gasteiger partial charge in [0.15, 0.2) is 0 Å². The fourth-order valence-electron chi connectivity index (χ4n) is 1.07. The van der Waals surface area contributed by atoms with E-state index in [-0.39, 0.29) is 0 Å². The Hall–Kier alpha value is 0.0300. The molecule has 66 valence electrons. The van der Waals surface area contributed by atoms with E-state index in [9.17, 15) is 0 Å². The van der Waals surface area contributed by atoms with Crippen molar-refractivity contribution >= 4 is 11.6 Å². The van der Waals surface area contributed by atoms with Gasteiger partial charge in [-0.15, -0.1) is 0 Å². The predicted octanol–water partition coefficient (Wildman–Crippen LogP) is 4.35. The number of hydrogen-bond donors (Lipinski definition) is 0. The standard InChI is InChI=1S/C10H19Cl/c1-5-6-7-8(2)9(3)10(4)11/h8H,5-7H2,1-4H3/b10-9-. The zero-order valence-electron chi connectivity index (χ0n) is 8.08. The maximum atomic E-state index is 5.88. The summed E-state index contributed by atoms with van der Waals surface area (Å²) < 4.78 is 0. The highest BCUT2D eigenvalue weighted by Crippen LogP contribution is 2.21. The van der Waals surface area contributed by atoms with Crippen molar-refractivity contribution in [3.8, 4) is 0 Å². The minimum Gasteiger partial charge on any atom is -0.0895 e. The van der Waals surface area contributed by atoms with Crippen molar-refractivity contribution in [1.82, 2.24) is 0 Å². The molecule has 0 saturated heterocycles. The maximum absolute atomic E-state index is 5.88. The Kier molecular flexibility index (Phi) is 5.67. The van der Waals surface area contributed by atoms with Crippen molar-refractivity contribution < 1.29 is 0 Å². The smallest absolute Gasteiger partial charge is 0.0141 e. The zero-order chi connectivity index (χ0) is 8.85. The van der Waals surface area contributed by atoms with Gasteiger partial charge in [0.1, 0.15) is 0 Å². The van der Waals surface area contributed by atoms with Crippen LogP contribution in [-0.4, -0.2) is 0 Å². The van der Waals surface area contributed by atoms with Gasteiger partial charge in [0, 0.05) is 5.03 Å². The Morgan fingerprint density at radius 1 is 1.36 bits per heavy atom. The molecule has 0 N–H and O–H groups in total. The molecule has 0 aliphatic heterocycles. The van der Waals surface area contributed by atoms with E-state index >= 15 is 0 Å². The summed E-state index contributed by atoms with van der Waals surface area (Å²) in [4.78, 5) is 0. The molecule has 11 heavy (non-hydrogen) atoms. The molecule has 1 atom stereocenters. The number of hydrogen-bond acceptors (Lipinski definition) is 0. The van der Waals surface area contributed by atoms with Crippen molar-refractivity contribution in [3.63, 3.8) is 0 Å². The minimum absolute atomic E-state index is 0.660. The van der Waals surface area contributed by atoms with Crippen LogP contribution in [0.4, 0.5) is 0 Å². The van der Waals surface area contributed by atoms with Crippen molar-refractivity contribution in [2.45, 2.75) is 47.0 Å². The number of allylic oxidation sites excluding steroid dienone is 2. The molecule has 0 aromatic heterocycles. The second kappa shape index (κ2) is 5.65. The lowest BCUT2D eigenvalue weighted by Crippen LogP contribution is -1.96. The lowest BCUT2D eigenvalue weighted by Gasteiger charge is -2.11. The van der Waals surface area contributed by atoms with Gasteiger partial charge in [-0.2, -0.15) is 0 Å². The van der Waals surface area contributed by atoms with Crippen LogP contribution in [0.5, 0.6) is 0 Å². The van der Waals surface area contributed by atoms with Gasteiger partial charge in [0.05, 0.1) is 0 Å². The predicted molar refractivity (Wildman–Crippen MR) is 52.9 cm³/mol. The van der Waals surface area contributed by atoms with Gasteiger partial charge < -0.3 is 0 Å². The monoisotopic (exact) mass is 174 g/mol. The summed E-state index contributed by atoms with van der Waals surface area (Å²) >= 11 is 5.88. The average molecular weight is 175 g/mol. The average Bonchev–Trinajstić information content (AvgIpc) is 1.98. The van der Waals surface area contributed by atoms with Crippen LogP contribution >= 0.6 is 11.6 Å². The number of unbranched alkanes of at least 4 members (excludes halogenated alkanes) is 1. The summed E-state index contributed by atoms with van der Waals surface area (Å²) in [6, 6.07) is 0. The van der Waals surface area contributed by atoms with Gasteiger partial charge in [-0.25, -0.2) is 0 Å². The zero-order valence-corrected chi connectivity index (χ0v) is 8.83. The van der Waals surface area contributed by atoms with Gasteiger partial charge in [0.2, 0.25) is 0 Å². The Balaban J connectivity index is 3.83. The molecule has 0 fully saturated rings. The van der Waals surface area contributed by atoms with Gasteiger partial charge in [-0.05, 0) is 26.2 Å². The normalized spacial score (nSPS) is 16.1. The van der Waals surface area contributed by atoms with E-state index in [2.05, 4.69) is 20.8 Å². The molecule has 1 heteroatoms. The van der Waals surface area contributed by atoms with E-state index in [4.69, 9.17) is 11.6 Å². The Morgan fingerprint density at radius 3 is 2.27 bits per heavy atom. The summed E-state index contributed by atoms with van der Waals surface area (Å²) in [6.07, 6.45) is 3.86. The second-order valence-corrected chi connectivity index (χ2v) is 3.83. The molecule has 0 rings (SSSR count). The highest BCUT2D eigenvalue weighted by molar-refractivity contribution is 6.29. The van der Waals surface area contributed by atoms with Gasteiger partial charge >= 0.3 is 0 Å². The molecule has 0 spiro atoms. The number of halogens is 1. The van der Waals surface area contributed by atoms with Crippen molar-refractivity contribution in [2.24, 2.45) is 5.92 Å². The lowest BCUT2D eigenvalue weighted by molar-refractivity contribution is 0.570. The van der Waals surface area contributed by atoms with E-state index in [0.29, 0.717) is 5.92 Å². The molecule has 0 nitrogen and oxygen atoms in total. The fraction of sp³-hybridized carbons (Fsp3) is 0.800. The molecule has 1 unspecified atom stereocenters. The van der Waals surface area contributed by atoms with E-state index in [0.717, 1.165) is 5.03 Å². The van der Waals surface area contributed by atoms with Crippen LogP contribution < -0.4 is 0 Å². The van der Waals surface area contributed by atoms with E-state index < -0.39 is 0 Å². The van der Waals surface area contributed by atoms with Crippen LogP contribution in [0.1, 0.15) is 47.0 Å². The third-order valence-electron chi connectivity index (χ3n) is 2.27. The summed E-state index contributed by atoms with van der Waals surface area (Å²) in [5.74, 6) is 0.660. The maximum Gasteiger partial charge on any atom is 0.0141 e. The first kappa shape index (κ1) is 11.0. The van der Waals surface area contributed by atoms with Crippen molar-refractivity contribution in [3.05, 3.63) is 10.6 Å². The number of rotatable bonds is 4. The molecule has 0 aromatic rings. The summed E-state index contributed by atoms with van der Waals surface area (Å²) in [5.41, 5.74) is 1.35. The lowest BCUT2D eigenvalue weighted by atomic mass is 9.96. The summed E-state index contributed by atoms with van der Waals surface area (Å²) in [6.45, 7) is 8.57. The van der Waals surface area contributed by atoms with Crippen LogP contribution in [0, 0.1) is 5.92 Å². The van der Waals surface area contributed by atoms with Crippen molar-refractivity contribution in [1.29, 1.82) is 0 Å². The van der Waals surface area contributed by atoms with Crippen LogP contribution in [0.3, 0.4) is 0 Å². The third-order valence-corrected chi connectivity index (χ3v) is 2.57. The molecule has 0 amide bonds. The van der Waals surface area contributed by atoms with Crippen LogP contribution in [0.15, 0.2) is 10.6 Å². The molecular weight excluding hydrogens is 156 g/mol. The highest BCUT2D eigenvalue weighted by Gasteiger charge is 2.04. The van der Waals surface area contributed by atoms with E-state index in [1.807, 2.05) is 6.92 Å². The first-order chi connectivity index (χ1) is 5.09. The second-order valence-electron chi connectivity index (χ2n) is 3.26. The Bertz CT molecular complexity index is 132. The van der Waals surface area contributed by atoms with Crippen LogP contribution in [0.2, 0.25) is 0 Å². The third kappa shape index (κ3) is 4.47. The Morgan fingerprint density at radius 2 is 1.91 bits per heavy atom. The van der Waals surface area contributed by atoms with Gasteiger partial charge in [-0.3, -0.25) is 0 Å². The molecule has 0 aliphatic rings. The SMILES string of the molecule is CCCCC(C)/C(C)=C(/C)Cl. The fourth-order valence-corrected chi connectivity index (χ4v) is 1.25.